The SMILES string of the molecule is Sc1ccc(C#CC#Cc2ccccc2)cc1. The molecule has 0 radical (unpaired) electrons. The molecule has 80 valence electrons. The fraction of sp³-hybridized carbons (Fsp3) is 0. The summed E-state index contributed by atoms with van der Waals surface area (Å²) in [5.74, 6) is 11.6. The lowest BCUT2D eigenvalue weighted by atomic mass is 10.2. The van der Waals surface area contributed by atoms with Gasteiger partial charge in [0.15, 0.2) is 0 Å². The number of rotatable bonds is 0. The summed E-state index contributed by atoms with van der Waals surface area (Å²) in [6.07, 6.45) is 0. The van der Waals surface area contributed by atoms with Gasteiger partial charge in [0.25, 0.3) is 0 Å². The predicted octanol–water partition coefficient (Wildman–Crippen LogP) is 3.38. The van der Waals surface area contributed by atoms with Crippen LogP contribution in [-0.2, 0) is 0 Å². The van der Waals surface area contributed by atoms with Gasteiger partial charge >= 0.3 is 0 Å². The zero-order valence-electron chi connectivity index (χ0n) is 9.14. The van der Waals surface area contributed by atoms with Gasteiger partial charge in [-0.05, 0) is 48.2 Å². The Labute approximate surface area is 107 Å². The molecule has 1 heteroatoms. The minimum absolute atomic E-state index is 0.936. The van der Waals surface area contributed by atoms with E-state index in [0.717, 1.165) is 16.0 Å². The molecule has 2 aromatic carbocycles. The molecule has 2 rings (SSSR count). The van der Waals surface area contributed by atoms with Crippen LogP contribution in [0.1, 0.15) is 11.1 Å². The van der Waals surface area contributed by atoms with Gasteiger partial charge in [-0.1, -0.05) is 30.0 Å². The fourth-order valence-corrected chi connectivity index (χ4v) is 1.42. The van der Waals surface area contributed by atoms with E-state index in [-0.39, 0.29) is 0 Å². The topological polar surface area (TPSA) is 0 Å². The summed E-state index contributed by atoms with van der Waals surface area (Å²) in [6.45, 7) is 0. The smallest absolute Gasteiger partial charge is 0.0256 e. The fourth-order valence-electron chi connectivity index (χ4n) is 1.27. The lowest BCUT2D eigenvalue weighted by molar-refractivity contribution is 1.46. The van der Waals surface area contributed by atoms with Crippen LogP contribution in [0.5, 0.6) is 0 Å². The highest BCUT2D eigenvalue weighted by Crippen LogP contribution is 2.06. The van der Waals surface area contributed by atoms with Gasteiger partial charge in [0.05, 0.1) is 0 Å². The summed E-state index contributed by atoms with van der Waals surface area (Å²) in [5, 5.41) is 0. The van der Waals surface area contributed by atoms with Crippen LogP contribution in [-0.4, -0.2) is 0 Å². The van der Waals surface area contributed by atoms with E-state index in [2.05, 4.69) is 36.3 Å². The summed E-state index contributed by atoms with van der Waals surface area (Å²) >= 11 is 4.21. The average Bonchev–Trinajstić information content (AvgIpc) is 2.38. The molecule has 0 aliphatic heterocycles. The predicted molar refractivity (Wildman–Crippen MR) is 73.9 cm³/mol. The van der Waals surface area contributed by atoms with Gasteiger partial charge in [0, 0.05) is 16.0 Å². The van der Waals surface area contributed by atoms with E-state index in [0.29, 0.717) is 0 Å². The second kappa shape index (κ2) is 5.85. The lowest BCUT2D eigenvalue weighted by Crippen LogP contribution is -1.72. The number of hydrogen-bond acceptors (Lipinski definition) is 1. The zero-order chi connectivity index (χ0) is 11.9. The standard InChI is InChI=1S/C16H10S/c17-16-12-10-15(11-13-16)9-5-4-8-14-6-2-1-3-7-14/h1-3,6-7,10-13,17H. The Morgan fingerprint density at radius 2 is 1.18 bits per heavy atom. The minimum Gasteiger partial charge on any atom is -0.143 e. The van der Waals surface area contributed by atoms with Crippen molar-refractivity contribution in [3.05, 3.63) is 65.7 Å². The maximum Gasteiger partial charge on any atom is 0.0256 e. The summed E-state index contributed by atoms with van der Waals surface area (Å²) in [6, 6.07) is 17.5. The van der Waals surface area contributed by atoms with Gasteiger partial charge < -0.3 is 0 Å². The highest BCUT2D eigenvalue weighted by Gasteiger charge is 1.85. The van der Waals surface area contributed by atoms with Crippen LogP contribution in [0.15, 0.2) is 59.5 Å². The molecule has 0 aromatic heterocycles. The summed E-state index contributed by atoms with van der Waals surface area (Å²) < 4.78 is 0. The zero-order valence-corrected chi connectivity index (χ0v) is 10.0. The lowest BCUT2D eigenvalue weighted by Gasteiger charge is -1.89. The maximum atomic E-state index is 4.21. The molecule has 0 fully saturated rings. The van der Waals surface area contributed by atoms with Crippen molar-refractivity contribution in [1.82, 2.24) is 0 Å². The molecular weight excluding hydrogens is 224 g/mol. The number of benzene rings is 2. The van der Waals surface area contributed by atoms with Crippen molar-refractivity contribution in [2.24, 2.45) is 0 Å². The third-order valence-corrected chi connectivity index (χ3v) is 2.42. The van der Waals surface area contributed by atoms with E-state index in [1.165, 1.54) is 0 Å². The van der Waals surface area contributed by atoms with Crippen LogP contribution in [0.3, 0.4) is 0 Å². The Balaban J connectivity index is 2.09. The summed E-state index contributed by atoms with van der Waals surface area (Å²) in [4.78, 5) is 0.936. The quantitative estimate of drug-likeness (QED) is 0.524. The first-order valence-electron chi connectivity index (χ1n) is 5.21. The molecule has 0 aliphatic rings. The van der Waals surface area contributed by atoms with Crippen LogP contribution in [0.2, 0.25) is 0 Å². The van der Waals surface area contributed by atoms with Gasteiger partial charge in [-0.15, -0.1) is 12.6 Å². The Kier molecular flexibility index (Phi) is 3.92. The van der Waals surface area contributed by atoms with Crippen molar-refractivity contribution in [2.45, 2.75) is 4.90 Å². The first-order chi connectivity index (χ1) is 8.34. The number of thiol groups is 1. The van der Waals surface area contributed by atoms with Crippen molar-refractivity contribution in [1.29, 1.82) is 0 Å². The van der Waals surface area contributed by atoms with Crippen molar-refractivity contribution >= 4 is 12.6 Å². The van der Waals surface area contributed by atoms with Crippen molar-refractivity contribution in [3.8, 4) is 23.7 Å². The molecular formula is C16H10S. The van der Waals surface area contributed by atoms with Gasteiger partial charge in [-0.25, -0.2) is 0 Å². The minimum atomic E-state index is 0.936. The second-order valence-corrected chi connectivity index (χ2v) is 3.93. The molecule has 0 amide bonds. The van der Waals surface area contributed by atoms with E-state index >= 15 is 0 Å². The van der Waals surface area contributed by atoms with Crippen LogP contribution in [0.25, 0.3) is 0 Å². The highest BCUT2D eigenvalue weighted by molar-refractivity contribution is 7.80. The molecule has 0 N–H and O–H groups in total. The third-order valence-electron chi connectivity index (χ3n) is 2.12. The van der Waals surface area contributed by atoms with E-state index in [4.69, 9.17) is 0 Å². The Hall–Kier alpha value is -2.09. The van der Waals surface area contributed by atoms with E-state index < -0.39 is 0 Å². The Morgan fingerprint density at radius 1 is 0.647 bits per heavy atom. The Bertz CT molecular complexity index is 602. The average molecular weight is 234 g/mol. The summed E-state index contributed by atoms with van der Waals surface area (Å²) in [5.41, 5.74) is 1.93. The molecule has 0 spiro atoms. The van der Waals surface area contributed by atoms with Crippen LogP contribution in [0.4, 0.5) is 0 Å². The first-order valence-corrected chi connectivity index (χ1v) is 5.65. The molecule has 0 aliphatic carbocycles. The van der Waals surface area contributed by atoms with Gasteiger partial charge in [0.2, 0.25) is 0 Å². The van der Waals surface area contributed by atoms with Crippen LogP contribution >= 0.6 is 12.6 Å². The molecule has 0 saturated carbocycles. The molecule has 2 aromatic rings. The molecule has 0 atom stereocenters. The van der Waals surface area contributed by atoms with Gasteiger partial charge in [-0.2, -0.15) is 0 Å². The molecule has 0 nitrogen and oxygen atoms in total. The van der Waals surface area contributed by atoms with E-state index in [1.54, 1.807) is 0 Å². The molecule has 0 bridgehead atoms. The van der Waals surface area contributed by atoms with Crippen molar-refractivity contribution < 1.29 is 0 Å². The van der Waals surface area contributed by atoms with E-state index in [1.807, 2.05) is 54.6 Å². The van der Waals surface area contributed by atoms with Crippen molar-refractivity contribution in [3.63, 3.8) is 0 Å². The molecule has 17 heavy (non-hydrogen) atoms. The van der Waals surface area contributed by atoms with Gasteiger partial charge in [0.1, 0.15) is 0 Å². The highest BCUT2D eigenvalue weighted by atomic mass is 32.1. The Morgan fingerprint density at radius 3 is 1.76 bits per heavy atom. The molecule has 0 unspecified atom stereocenters. The van der Waals surface area contributed by atoms with Crippen LogP contribution < -0.4 is 0 Å². The van der Waals surface area contributed by atoms with Gasteiger partial charge in [-0.3, -0.25) is 0 Å². The molecule has 0 saturated heterocycles. The van der Waals surface area contributed by atoms with E-state index in [9.17, 15) is 0 Å². The molecule has 0 heterocycles. The third kappa shape index (κ3) is 3.76. The maximum absolute atomic E-state index is 4.21. The number of hydrogen-bond donors (Lipinski definition) is 1. The summed E-state index contributed by atoms with van der Waals surface area (Å²) in [7, 11) is 0. The largest absolute Gasteiger partial charge is 0.143 e. The van der Waals surface area contributed by atoms with Crippen LogP contribution in [0, 0.1) is 23.7 Å². The monoisotopic (exact) mass is 234 g/mol. The normalized spacial score (nSPS) is 8.53. The first kappa shape index (κ1) is 11.4. The van der Waals surface area contributed by atoms with Crippen molar-refractivity contribution in [2.75, 3.05) is 0 Å². The second-order valence-electron chi connectivity index (χ2n) is 3.41.